The number of nitrogens with zero attached hydrogens (tertiary/aromatic N) is 3. The third kappa shape index (κ3) is 3.49. The Balaban J connectivity index is 1.71. The van der Waals surface area contributed by atoms with Gasteiger partial charge in [-0.15, -0.1) is 0 Å². The van der Waals surface area contributed by atoms with E-state index in [1.807, 2.05) is 0 Å². The van der Waals surface area contributed by atoms with Crippen LogP contribution in [-0.4, -0.2) is 20.1 Å². The second-order valence-electron chi connectivity index (χ2n) is 4.77. The molecule has 0 spiro atoms. The predicted molar refractivity (Wildman–Crippen MR) is 82.2 cm³/mol. The largest absolute Gasteiger partial charge is 0.378 e. The molecule has 2 aromatic carbocycles. The maximum atomic E-state index is 12.8. The van der Waals surface area contributed by atoms with Gasteiger partial charge in [0.05, 0.1) is 11.5 Å². The van der Waals surface area contributed by atoms with E-state index in [-0.39, 0.29) is 11.5 Å². The van der Waals surface area contributed by atoms with Crippen LogP contribution in [0.3, 0.4) is 0 Å². The Bertz CT molecular complexity index is 832. The Morgan fingerprint density at radius 1 is 1.22 bits per heavy atom. The number of non-ortho nitro benzene ring substituents is 1. The fourth-order valence-corrected chi connectivity index (χ4v) is 2.02. The zero-order valence-corrected chi connectivity index (χ0v) is 11.9. The van der Waals surface area contributed by atoms with E-state index in [1.54, 1.807) is 24.3 Å². The third-order valence-electron chi connectivity index (χ3n) is 3.15. The highest BCUT2D eigenvalue weighted by Gasteiger charge is 2.11. The van der Waals surface area contributed by atoms with Crippen molar-refractivity contribution in [3.05, 3.63) is 70.3 Å². The Hall–Kier alpha value is -3.29. The fraction of sp³-hybridized carbons (Fsp3) is 0.0667. The summed E-state index contributed by atoms with van der Waals surface area (Å²) in [5.41, 5.74) is 1.29. The van der Waals surface area contributed by atoms with Crippen molar-refractivity contribution in [3.63, 3.8) is 0 Å². The summed E-state index contributed by atoms with van der Waals surface area (Å²) in [7, 11) is 0. The summed E-state index contributed by atoms with van der Waals surface area (Å²) in [6, 6.07) is 12.1. The summed E-state index contributed by atoms with van der Waals surface area (Å²) in [5.74, 6) is 0.642. The van der Waals surface area contributed by atoms with Crippen LogP contribution < -0.4 is 5.32 Å². The molecule has 0 amide bonds. The quantitative estimate of drug-likeness (QED) is 0.557. The highest BCUT2D eigenvalue weighted by Crippen LogP contribution is 2.20. The monoisotopic (exact) mass is 313 g/mol. The van der Waals surface area contributed by atoms with Crippen molar-refractivity contribution in [3.8, 4) is 11.4 Å². The summed E-state index contributed by atoms with van der Waals surface area (Å²) in [5, 5.41) is 20.7. The number of benzene rings is 2. The van der Waals surface area contributed by atoms with Crippen molar-refractivity contribution in [2.24, 2.45) is 0 Å². The molecule has 8 heteroatoms. The number of nitro benzene ring substituents is 1. The highest BCUT2D eigenvalue weighted by molar-refractivity contribution is 5.58. The second-order valence-corrected chi connectivity index (χ2v) is 4.77. The van der Waals surface area contributed by atoms with E-state index in [2.05, 4.69) is 20.5 Å². The van der Waals surface area contributed by atoms with Crippen LogP contribution in [0.1, 0.15) is 5.82 Å². The molecular weight excluding hydrogens is 301 g/mol. The van der Waals surface area contributed by atoms with E-state index in [1.165, 1.54) is 24.3 Å². The number of hydrogen-bond donors (Lipinski definition) is 2. The number of nitro groups is 1. The lowest BCUT2D eigenvalue weighted by Crippen LogP contribution is -2.01. The van der Waals surface area contributed by atoms with E-state index < -0.39 is 4.92 Å². The van der Waals surface area contributed by atoms with Crippen LogP contribution >= 0.6 is 0 Å². The van der Waals surface area contributed by atoms with Gasteiger partial charge in [-0.2, -0.15) is 5.10 Å². The van der Waals surface area contributed by atoms with Gasteiger partial charge in [0.2, 0.25) is 0 Å². The summed E-state index contributed by atoms with van der Waals surface area (Å²) in [6.07, 6.45) is 0. The van der Waals surface area contributed by atoms with Crippen molar-refractivity contribution in [2.75, 3.05) is 5.32 Å². The lowest BCUT2D eigenvalue weighted by molar-refractivity contribution is -0.384. The molecule has 0 saturated carbocycles. The van der Waals surface area contributed by atoms with Gasteiger partial charge < -0.3 is 5.32 Å². The van der Waals surface area contributed by atoms with Crippen LogP contribution in [0.15, 0.2) is 48.5 Å². The van der Waals surface area contributed by atoms with E-state index in [4.69, 9.17) is 0 Å². The fourth-order valence-electron chi connectivity index (χ4n) is 2.02. The standard InChI is InChI=1S/C15H12FN5O2/c16-11-4-6-12(7-5-11)17-9-14-18-15(20-19-14)10-2-1-3-13(8-10)21(22)23/h1-8,17H,9H2,(H,18,19,20). The van der Waals surface area contributed by atoms with Crippen LogP contribution in [0.2, 0.25) is 0 Å². The average molecular weight is 313 g/mol. The number of rotatable bonds is 5. The van der Waals surface area contributed by atoms with Crippen LogP contribution in [0.5, 0.6) is 0 Å². The second kappa shape index (κ2) is 6.22. The Morgan fingerprint density at radius 2 is 2.00 bits per heavy atom. The van der Waals surface area contributed by atoms with Gasteiger partial charge in [-0.3, -0.25) is 15.2 Å². The number of halogens is 1. The molecule has 0 saturated heterocycles. The van der Waals surface area contributed by atoms with Gasteiger partial charge in [-0.05, 0) is 24.3 Å². The minimum Gasteiger partial charge on any atom is -0.378 e. The molecule has 1 aromatic heterocycles. The van der Waals surface area contributed by atoms with E-state index in [0.717, 1.165) is 5.69 Å². The van der Waals surface area contributed by atoms with Crippen molar-refractivity contribution in [2.45, 2.75) is 6.54 Å². The van der Waals surface area contributed by atoms with Gasteiger partial charge in [0.25, 0.3) is 5.69 Å². The zero-order chi connectivity index (χ0) is 16.2. The number of aromatic amines is 1. The first-order valence-corrected chi connectivity index (χ1v) is 6.77. The molecule has 0 aliphatic carbocycles. The lowest BCUT2D eigenvalue weighted by atomic mass is 10.2. The molecule has 116 valence electrons. The summed E-state index contributed by atoms with van der Waals surface area (Å²) >= 11 is 0. The predicted octanol–water partition coefficient (Wildman–Crippen LogP) is 3.13. The van der Waals surface area contributed by atoms with Gasteiger partial charge in [0.15, 0.2) is 5.82 Å². The van der Waals surface area contributed by atoms with Crippen LogP contribution in [0.25, 0.3) is 11.4 Å². The van der Waals surface area contributed by atoms with Gasteiger partial charge in [0.1, 0.15) is 11.6 Å². The SMILES string of the molecule is O=[N+]([O-])c1cccc(-c2n[nH]c(CNc3ccc(F)cc3)n2)c1. The average Bonchev–Trinajstić information content (AvgIpc) is 3.03. The molecule has 2 N–H and O–H groups in total. The number of anilines is 1. The molecule has 0 fully saturated rings. The van der Waals surface area contributed by atoms with E-state index in [0.29, 0.717) is 23.8 Å². The topological polar surface area (TPSA) is 96.7 Å². The highest BCUT2D eigenvalue weighted by atomic mass is 19.1. The molecule has 3 aromatic rings. The summed E-state index contributed by atoms with van der Waals surface area (Å²) < 4.78 is 12.8. The molecule has 23 heavy (non-hydrogen) atoms. The summed E-state index contributed by atoms with van der Waals surface area (Å²) in [6.45, 7) is 0.369. The molecule has 1 heterocycles. The molecule has 0 aliphatic rings. The maximum Gasteiger partial charge on any atom is 0.270 e. The number of aromatic nitrogens is 3. The number of nitrogens with one attached hydrogen (secondary N) is 2. The molecule has 7 nitrogen and oxygen atoms in total. The van der Waals surface area contributed by atoms with Gasteiger partial charge in [-0.25, -0.2) is 9.37 Å². The van der Waals surface area contributed by atoms with Crippen molar-refractivity contribution in [1.82, 2.24) is 15.2 Å². The van der Waals surface area contributed by atoms with Gasteiger partial charge in [0, 0.05) is 23.4 Å². The molecular formula is C15H12FN5O2. The molecule has 3 rings (SSSR count). The van der Waals surface area contributed by atoms with E-state index in [9.17, 15) is 14.5 Å². The smallest absolute Gasteiger partial charge is 0.270 e. The van der Waals surface area contributed by atoms with Crippen LogP contribution in [0, 0.1) is 15.9 Å². The van der Waals surface area contributed by atoms with Crippen molar-refractivity contribution in [1.29, 1.82) is 0 Å². The molecule has 0 radical (unpaired) electrons. The first-order valence-electron chi connectivity index (χ1n) is 6.77. The Labute approximate surface area is 130 Å². The molecule has 0 aliphatic heterocycles. The van der Waals surface area contributed by atoms with Crippen LogP contribution in [-0.2, 0) is 6.54 Å². The summed E-state index contributed by atoms with van der Waals surface area (Å²) in [4.78, 5) is 14.6. The van der Waals surface area contributed by atoms with Crippen LogP contribution in [0.4, 0.5) is 15.8 Å². The minimum atomic E-state index is -0.465. The third-order valence-corrected chi connectivity index (χ3v) is 3.15. The van der Waals surface area contributed by atoms with Crippen molar-refractivity contribution < 1.29 is 9.31 Å². The van der Waals surface area contributed by atoms with Crippen molar-refractivity contribution >= 4 is 11.4 Å². The molecule has 0 bridgehead atoms. The Kier molecular flexibility index (Phi) is 3.96. The minimum absolute atomic E-state index is 0.0155. The normalized spacial score (nSPS) is 10.5. The van der Waals surface area contributed by atoms with Gasteiger partial charge in [-0.1, -0.05) is 12.1 Å². The first kappa shape index (κ1) is 14.6. The molecule has 0 atom stereocenters. The molecule has 0 unspecified atom stereocenters. The van der Waals surface area contributed by atoms with Gasteiger partial charge >= 0.3 is 0 Å². The van der Waals surface area contributed by atoms with E-state index >= 15 is 0 Å². The lowest BCUT2D eigenvalue weighted by Gasteiger charge is -2.03. The number of hydrogen-bond acceptors (Lipinski definition) is 5. The first-order chi connectivity index (χ1) is 11.1. The maximum absolute atomic E-state index is 12.8. The number of H-pyrrole nitrogens is 1. The zero-order valence-electron chi connectivity index (χ0n) is 11.9. The Morgan fingerprint density at radius 3 is 2.74 bits per heavy atom.